The first-order chi connectivity index (χ1) is 9.66. The molecule has 1 aromatic carbocycles. The van der Waals surface area contributed by atoms with Gasteiger partial charge in [-0.25, -0.2) is 5.43 Å². The molecule has 0 aliphatic heterocycles. The number of hydrogen-bond acceptors (Lipinski definition) is 2. The third-order valence-corrected chi connectivity index (χ3v) is 5.08. The minimum atomic E-state index is 0.110. The lowest BCUT2D eigenvalue weighted by Crippen LogP contribution is -2.22. The van der Waals surface area contributed by atoms with Gasteiger partial charge in [-0.1, -0.05) is 40.9 Å². The van der Waals surface area contributed by atoms with Gasteiger partial charge in [0.2, 0.25) is 5.91 Å². The van der Waals surface area contributed by atoms with E-state index in [4.69, 9.17) is 0 Å². The first-order valence-corrected chi connectivity index (χ1v) is 8.06. The van der Waals surface area contributed by atoms with Gasteiger partial charge in [0.25, 0.3) is 0 Å². The van der Waals surface area contributed by atoms with E-state index in [-0.39, 0.29) is 11.8 Å². The number of carbonyl (C=O) groups is 1. The SMILES string of the molecule is C/C(=N/NC(=O)C1C2CCCCC21)c1ccc(Br)cc1. The summed E-state index contributed by atoms with van der Waals surface area (Å²) in [5, 5.41) is 4.24. The number of halogens is 1. The topological polar surface area (TPSA) is 41.5 Å². The number of rotatable bonds is 3. The number of nitrogens with zero attached hydrogens (tertiary/aromatic N) is 1. The lowest BCUT2D eigenvalue weighted by Gasteiger charge is -2.04. The molecule has 3 rings (SSSR count). The molecule has 0 radical (unpaired) electrons. The van der Waals surface area contributed by atoms with Gasteiger partial charge in [0.15, 0.2) is 0 Å². The van der Waals surface area contributed by atoms with Crippen LogP contribution in [-0.4, -0.2) is 11.6 Å². The summed E-state index contributed by atoms with van der Waals surface area (Å²) in [5.41, 5.74) is 4.62. The number of benzene rings is 1. The quantitative estimate of drug-likeness (QED) is 0.664. The second kappa shape index (κ2) is 5.68. The van der Waals surface area contributed by atoms with E-state index in [2.05, 4.69) is 26.5 Å². The van der Waals surface area contributed by atoms with Gasteiger partial charge in [0.05, 0.1) is 5.71 Å². The number of fused-ring (bicyclic) bond motifs is 1. The predicted octanol–water partition coefficient (Wildman–Crippen LogP) is 3.73. The van der Waals surface area contributed by atoms with Crippen molar-refractivity contribution in [1.82, 2.24) is 5.43 Å². The van der Waals surface area contributed by atoms with Crippen molar-refractivity contribution in [2.24, 2.45) is 22.9 Å². The third-order valence-electron chi connectivity index (χ3n) is 4.56. The highest BCUT2D eigenvalue weighted by Crippen LogP contribution is 2.55. The summed E-state index contributed by atoms with van der Waals surface area (Å²) < 4.78 is 1.04. The minimum Gasteiger partial charge on any atom is -0.273 e. The fraction of sp³-hybridized carbons (Fsp3) is 0.500. The van der Waals surface area contributed by atoms with Gasteiger partial charge >= 0.3 is 0 Å². The number of hydrazone groups is 1. The molecule has 2 aliphatic rings. The standard InChI is InChI=1S/C16H19BrN2O/c1-10(11-6-8-12(17)9-7-11)18-19-16(20)15-13-4-2-3-5-14(13)15/h6-9,13-15H,2-5H2,1H3,(H,19,20)/b18-10-. The Hall–Kier alpha value is -1.16. The Bertz CT molecular complexity index is 526. The van der Waals surface area contributed by atoms with E-state index in [1.54, 1.807) is 0 Å². The van der Waals surface area contributed by atoms with Crippen molar-refractivity contribution in [3.8, 4) is 0 Å². The molecule has 2 aliphatic carbocycles. The first kappa shape index (κ1) is 13.8. The Morgan fingerprint density at radius 2 is 1.80 bits per heavy atom. The fourth-order valence-corrected chi connectivity index (χ4v) is 3.61. The van der Waals surface area contributed by atoms with Crippen LogP contribution in [0.25, 0.3) is 0 Å². The highest BCUT2D eigenvalue weighted by molar-refractivity contribution is 9.10. The van der Waals surface area contributed by atoms with Gasteiger partial charge < -0.3 is 0 Å². The molecule has 2 saturated carbocycles. The second-order valence-electron chi connectivity index (χ2n) is 5.82. The van der Waals surface area contributed by atoms with Gasteiger partial charge in [-0.2, -0.15) is 5.10 Å². The monoisotopic (exact) mass is 334 g/mol. The van der Waals surface area contributed by atoms with Crippen molar-refractivity contribution < 1.29 is 4.79 Å². The summed E-state index contributed by atoms with van der Waals surface area (Å²) in [7, 11) is 0. The van der Waals surface area contributed by atoms with E-state index < -0.39 is 0 Å². The molecule has 1 aromatic rings. The molecule has 0 saturated heterocycles. The van der Waals surface area contributed by atoms with Crippen LogP contribution in [0, 0.1) is 17.8 Å². The van der Waals surface area contributed by atoms with Crippen LogP contribution in [0.3, 0.4) is 0 Å². The summed E-state index contributed by atoms with van der Waals surface area (Å²) >= 11 is 3.41. The third kappa shape index (κ3) is 2.80. The van der Waals surface area contributed by atoms with Crippen LogP contribution < -0.4 is 5.43 Å². The van der Waals surface area contributed by atoms with Gasteiger partial charge in [-0.15, -0.1) is 0 Å². The molecule has 0 spiro atoms. The first-order valence-electron chi connectivity index (χ1n) is 7.27. The molecule has 20 heavy (non-hydrogen) atoms. The molecule has 106 valence electrons. The van der Waals surface area contributed by atoms with Crippen LogP contribution >= 0.6 is 15.9 Å². The Labute approximate surface area is 128 Å². The average Bonchev–Trinajstić information content (AvgIpc) is 3.19. The summed E-state index contributed by atoms with van der Waals surface area (Å²) in [5.74, 6) is 1.59. The maximum Gasteiger partial charge on any atom is 0.243 e. The van der Waals surface area contributed by atoms with Crippen molar-refractivity contribution in [1.29, 1.82) is 0 Å². The normalized spacial score (nSPS) is 28.7. The molecular weight excluding hydrogens is 316 g/mol. The molecular formula is C16H19BrN2O. The largest absolute Gasteiger partial charge is 0.273 e. The Morgan fingerprint density at radius 1 is 1.20 bits per heavy atom. The molecule has 2 atom stereocenters. The van der Waals surface area contributed by atoms with Crippen LogP contribution in [0.2, 0.25) is 0 Å². The van der Waals surface area contributed by atoms with Gasteiger partial charge in [-0.05, 0) is 49.3 Å². The molecule has 2 fully saturated rings. The zero-order valence-corrected chi connectivity index (χ0v) is 13.2. The zero-order valence-electron chi connectivity index (χ0n) is 11.6. The lowest BCUT2D eigenvalue weighted by molar-refractivity contribution is -0.122. The lowest BCUT2D eigenvalue weighted by atomic mass is 10.0. The maximum absolute atomic E-state index is 12.1. The van der Waals surface area contributed by atoms with E-state index in [0.717, 1.165) is 15.7 Å². The Kier molecular flexibility index (Phi) is 3.92. The number of nitrogens with one attached hydrogen (secondary N) is 1. The molecule has 1 N–H and O–H groups in total. The Morgan fingerprint density at radius 3 is 2.40 bits per heavy atom. The van der Waals surface area contributed by atoms with E-state index in [1.165, 1.54) is 25.7 Å². The molecule has 4 heteroatoms. The van der Waals surface area contributed by atoms with E-state index in [0.29, 0.717) is 11.8 Å². The van der Waals surface area contributed by atoms with Crippen LogP contribution in [0.4, 0.5) is 0 Å². The molecule has 0 aromatic heterocycles. The van der Waals surface area contributed by atoms with Crippen LogP contribution in [-0.2, 0) is 4.79 Å². The average molecular weight is 335 g/mol. The van der Waals surface area contributed by atoms with Gasteiger partial charge in [-0.3, -0.25) is 4.79 Å². The molecule has 1 amide bonds. The molecule has 0 heterocycles. The zero-order chi connectivity index (χ0) is 14.1. The van der Waals surface area contributed by atoms with E-state index in [9.17, 15) is 4.79 Å². The fourth-order valence-electron chi connectivity index (χ4n) is 3.35. The van der Waals surface area contributed by atoms with Crippen LogP contribution in [0.15, 0.2) is 33.8 Å². The number of carbonyl (C=O) groups excluding carboxylic acids is 1. The van der Waals surface area contributed by atoms with Crippen LogP contribution in [0.5, 0.6) is 0 Å². The van der Waals surface area contributed by atoms with Crippen molar-refractivity contribution in [3.63, 3.8) is 0 Å². The summed E-state index contributed by atoms with van der Waals surface area (Å²) in [6, 6.07) is 7.94. The molecule has 2 unspecified atom stereocenters. The van der Waals surface area contributed by atoms with E-state index in [1.807, 2.05) is 31.2 Å². The highest BCUT2D eigenvalue weighted by atomic mass is 79.9. The molecule has 0 bridgehead atoms. The van der Waals surface area contributed by atoms with Crippen molar-refractivity contribution in [2.45, 2.75) is 32.6 Å². The van der Waals surface area contributed by atoms with Crippen molar-refractivity contribution in [3.05, 3.63) is 34.3 Å². The summed E-state index contributed by atoms with van der Waals surface area (Å²) in [6.07, 6.45) is 5.01. The van der Waals surface area contributed by atoms with Crippen molar-refractivity contribution in [2.75, 3.05) is 0 Å². The minimum absolute atomic E-state index is 0.110. The van der Waals surface area contributed by atoms with Crippen molar-refractivity contribution >= 4 is 27.5 Å². The maximum atomic E-state index is 12.1. The number of hydrogen-bond donors (Lipinski definition) is 1. The van der Waals surface area contributed by atoms with Crippen LogP contribution in [0.1, 0.15) is 38.2 Å². The van der Waals surface area contributed by atoms with Gasteiger partial charge in [0, 0.05) is 10.4 Å². The summed E-state index contributed by atoms with van der Waals surface area (Å²) in [4.78, 5) is 12.1. The second-order valence-corrected chi connectivity index (χ2v) is 6.73. The van der Waals surface area contributed by atoms with E-state index >= 15 is 0 Å². The van der Waals surface area contributed by atoms with Gasteiger partial charge in [0.1, 0.15) is 0 Å². The molecule has 3 nitrogen and oxygen atoms in total. The number of amides is 1. The smallest absolute Gasteiger partial charge is 0.243 e. The highest BCUT2D eigenvalue weighted by Gasteiger charge is 2.54. The predicted molar refractivity (Wildman–Crippen MR) is 83.4 cm³/mol. The Balaban J connectivity index is 1.59. The summed E-state index contributed by atoms with van der Waals surface area (Å²) in [6.45, 7) is 1.92.